The van der Waals surface area contributed by atoms with Crippen LogP contribution in [-0.4, -0.2) is 39.3 Å². The third-order valence-corrected chi connectivity index (χ3v) is 7.86. The summed E-state index contributed by atoms with van der Waals surface area (Å²) in [6.45, 7) is 3.78. The van der Waals surface area contributed by atoms with Gasteiger partial charge in [-0.3, -0.25) is 9.58 Å². The Labute approximate surface area is 213 Å². The van der Waals surface area contributed by atoms with E-state index in [1.54, 1.807) is 0 Å². The summed E-state index contributed by atoms with van der Waals surface area (Å²) >= 11 is 0. The van der Waals surface area contributed by atoms with Gasteiger partial charge < -0.3 is 9.72 Å². The Morgan fingerprint density at radius 2 is 1.89 bits per heavy atom. The smallest absolute Gasteiger partial charge is 0.120 e. The lowest BCUT2D eigenvalue weighted by atomic mass is 9.96. The van der Waals surface area contributed by atoms with Crippen LogP contribution in [0.2, 0.25) is 0 Å². The van der Waals surface area contributed by atoms with Gasteiger partial charge in [0.1, 0.15) is 12.4 Å². The molecule has 1 N–H and O–H groups in total. The van der Waals surface area contributed by atoms with E-state index < -0.39 is 0 Å². The van der Waals surface area contributed by atoms with Gasteiger partial charge in [-0.1, -0.05) is 55.7 Å². The minimum absolute atomic E-state index is 0.587. The molecule has 0 amide bonds. The third kappa shape index (κ3) is 5.26. The van der Waals surface area contributed by atoms with E-state index in [0.717, 1.165) is 43.7 Å². The van der Waals surface area contributed by atoms with Crippen LogP contribution < -0.4 is 4.74 Å². The van der Waals surface area contributed by atoms with Gasteiger partial charge in [-0.2, -0.15) is 5.10 Å². The van der Waals surface area contributed by atoms with Crippen LogP contribution in [-0.2, 0) is 13.0 Å². The van der Waals surface area contributed by atoms with Crippen molar-refractivity contribution in [2.45, 2.75) is 57.6 Å². The fraction of sp³-hybridized carbons (Fsp3) is 0.387. The van der Waals surface area contributed by atoms with E-state index in [9.17, 15) is 0 Å². The second kappa shape index (κ2) is 10.8. The van der Waals surface area contributed by atoms with Crippen molar-refractivity contribution in [3.8, 4) is 5.75 Å². The number of fused-ring (bicyclic) bond motifs is 1. The molecule has 0 atom stereocenters. The summed E-state index contributed by atoms with van der Waals surface area (Å²) in [7, 11) is 0. The zero-order valence-electron chi connectivity index (χ0n) is 21.0. The molecule has 6 rings (SSSR count). The van der Waals surface area contributed by atoms with Gasteiger partial charge in [0, 0.05) is 48.5 Å². The highest BCUT2D eigenvalue weighted by Crippen LogP contribution is 2.32. The predicted molar refractivity (Wildman–Crippen MR) is 146 cm³/mol. The lowest BCUT2D eigenvalue weighted by Crippen LogP contribution is -2.30. The maximum absolute atomic E-state index is 6.09. The van der Waals surface area contributed by atoms with Crippen molar-refractivity contribution in [1.82, 2.24) is 19.7 Å². The molecule has 2 aromatic heterocycles. The van der Waals surface area contributed by atoms with Gasteiger partial charge in [-0.15, -0.1) is 0 Å². The Hall–Kier alpha value is -3.31. The molecular weight excluding hydrogens is 444 g/mol. The molecule has 1 fully saturated rings. The number of aromatic nitrogens is 3. The minimum Gasteiger partial charge on any atom is -0.489 e. The molecule has 1 aliphatic carbocycles. The van der Waals surface area contributed by atoms with Crippen LogP contribution in [0.25, 0.3) is 16.5 Å². The summed E-state index contributed by atoms with van der Waals surface area (Å²) in [6.07, 6.45) is 17.8. The molecule has 5 heteroatoms. The van der Waals surface area contributed by atoms with E-state index in [1.165, 1.54) is 59.8 Å². The largest absolute Gasteiger partial charge is 0.489 e. The zero-order valence-corrected chi connectivity index (χ0v) is 21.0. The molecule has 0 unspecified atom stereocenters. The molecule has 0 radical (unpaired) electrons. The van der Waals surface area contributed by atoms with E-state index in [4.69, 9.17) is 4.74 Å². The third-order valence-electron chi connectivity index (χ3n) is 7.86. The van der Waals surface area contributed by atoms with Crippen molar-refractivity contribution in [3.05, 3.63) is 89.9 Å². The highest BCUT2D eigenvalue weighted by molar-refractivity contribution is 5.93. The number of ether oxygens (including phenoxy) is 1. The van der Waals surface area contributed by atoms with Gasteiger partial charge in [-0.25, -0.2) is 0 Å². The topological polar surface area (TPSA) is 46.1 Å². The summed E-state index contributed by atoms with van der Waals surface area (Å²) in [5, 5.41) is 5.93. The first-order valence-electron chi connectivity index (χ1n) is 13.5. The second-order valence-electron chi connectivity index (χ2n) is 10.3. The summed E-state index contributed by atoms with van der Waals surface area (Å²) in [5.74, 6) is 0.916. The highest BCUT2D eigenvalue weighted by atomic mass is 16.5. The molecule has 4 aromatic rings. The molecule has 0 spiro atoms. The number of nitrogens with one attached hydrogen (secondary N) is 1. The quantitative estimate of drug-likeness (QED) is 0.302. The number of rotatable bonds is 8. The van der Waals surface area contributed by atoms with Crippen LogP contribution in [0, 0.1) is 0 Å². The van der Waals surface area contributed by atoms with Gasteiger partial charge in [-0.05, 0) is 60.6 Å². The van der Waals surface area contributed by atoms with Crippen LogP contribution in [0.3, 0.4) is 0 Å². The molecule has 36 heavy (non-hydrogen) atoms. The Morgan fingerprint density at radius 3 is 2.72 bits per heavy atom. The number of nitrogens with zero attached hydrogens (tertiary/aromatic N) is 3. The highest BCUT2D eigenvalue weighted by Gasteiger charge is 2.18. The van der Waals surface area contributed by atoms with E-state index in [-0.39, 0.29) is 0 Å². The van der Waals surface area contributed by atoms with E-state index >= 15 is 0 Å². The summed E-state index contributed by atoms with van der Waals surface area (Å²) in [5.41, 5.74) is 6.46. The Bertz CT molecular complexity index is 1310. The Kier molecular flexibility index (Phi) is 6.90. The van der Waals surface area contributed by atoms with Crippen molar-refractivity contribution in [3.63, 3.8) is 0 Å². The molecule has 5 nitrogen and oxygen atoms in total. The zero-order chi connectivity index (χ0) is 24.2. The number of hydrogen-bond acceptors (Lipinski definition) is 3. The predicted octanol–water partition coefficient (Wildman–Crippen LogP) is 6.78. The molecule has 2 aliphatic rings. The Balaban J connectivity index is 1.06. The van der Waals surface area contributed by atoms with Crippen molar-refractivity contribution in [2.24, 2.45) is 0 Å². The van der Waals surface area contributed by atoms with Crippen molar-refractivity contribution < 1.29 is 4.74 Å². The van der Waals surface area contributed by atoms with E-state index in [1.807, 2.05) is 6.07 Å². The van der Waals surface area contributed by atoms with Gasteiger partial charge in [0.05, 0.1) is 12.2 Å². The monoisotopic (exact) mass is 480 g/mol. The average Bonchev–Trinajstić information content (AvgIpc) is 3.59. The standard InChI is InChI=1S/C31H36N4O/c1-3-7-24(8-4-1)23-36-28-11-12-31-29(19-28)30(21-32-31)26-14-17-34(18-15-26)16-13-25-20-33-35(22-25)27-9-5-2-6-10-27/h1,3-4,7-8,11-12,14,19-22,27,32H,2,5-6,9-10,13,15-18,23H2. The first-order valence-corrected chi connectivity index (χ1v) is 13.5. The lowest BCUT2D eigenvalue weighted by Gasteiger charge is -2.26. The molecule has 186 valence electrons. The van der Waals surface area contributed by atoms with Gasteiger partial charge in [0.2, 0.25) is 0 Å². The van der Waals surface area contributed by atoms with Crippen LogP contribution in [0.1, 0.15) is 61.3 Å². The van der Waals surface area contributed by atoms with Crippen LogP contribution in [0.4, 0.5) is 0 Å². The Morgan fingerprint density at radius 1 is 1.00 bits per heavy atom. The average molecular weight is 481 g/mol. The number of benzene rings is 2. The van der Waals surface area contributed by atoms with Gasteiger partial charge >= 0.3 is 0 Å². The van der Waals surface area contributed by atoms with Crippen LogP contribution >= 0.6 is 0 Å². The fourth-order valence-electron chi connectivity index (χ4n) is 5.69. The van der Waals surface area contributed by atoms with Crippen molar-refractivity contribution >= 4 is 16.5 Å². The van der Waals surface area contributed by atoms with E-state index in [2.05, 4.69) is 86.8 Å². The maximum atomic E-state index is 6.09. The number of aromatic amines is 1. The fourth-order valence-corrected chi connectivity index (χ4v) is 5.69. The minimum atomic E-state index is 0.587. The van der Waals surface area contributed by atoms with Gasteiger partial charge in [0.15, 0.2) is 0 Å². The SMILES string of the molecule is C1=C(c2c[nH]c3ccc(OCc4ccccc4)cc23)CCN(CCc2cnn(C3CCCCC3)c2)C1. The molecule has 0 saturated heterocycles. The van der Waals surface area contributed by atoms with Crippen molar-refractivity contribution in [1.29, 1.82) is 0 Å². The van der Waals surface area contributed by atoms with Crippen molar-refractivity contribution in [2.75, 3.05) is 19.6 Å². The maximum Gasteiger partial charge on any atom is 0.120 e. The first kappa shape index (κ1) is 23.1. The molecular formula is C31H36N4O. The second-order valence-corrected chi connectivity index (χ2v) is 10.3. The first-order chi connectivity index (χ1) is 17.8. The summed E-state index contributed by atoms with van der Waals surface area (Å²) < 4.78 is 8.33. The molecule has 0 bridgehead atoms. The van der Waals surface area contributed by atoms with E-state index in [0.29, 0.717) is 12.6 Å². The normalized spacial score (nSPS) is 17.4. The lowest BCUT2D eigenvalue weighted by molar-refractivity contribution is 0.305. The number of hydrogen-bond donors (Lipinski definition) is 1. The summed E-state index contributed by atoms with van der Waals surface area (Å²) in [6, 6.07) is 17.3. The molecule has 1 saturated carbocycles. The number of H-pyrrole nitrogens is 1. The molecule has 3 heterocycles. The molecule has 2 aromatic carbocycles. The van der Waals surface area contributed by atoms with Crippen LogP contribution in [0.5, 0.6) is 5.75 Å². The molecule has 1 aliphatic heterocycles. The van der Waals surface area contributed by atoms with Gasteiger partial charge in [0.25, 0.3) is 0 Å². The van der Waals surface area contributed by atoms with Crippen LogP contribution in [0.15, 0.2) is 73.2 Å². The summed E-state index contributed by atoms with van der Waals surface area (Å²) in [4.78, 5) is 6.01.